The Morgan fingerprint density at radius 3 is 2.56 bits per heavy atom. The number of amides is 1. The summed E-state index contributed by atoms with van der Waals surface area (Å²) < 4.78 is 5.14. The molecule has 1 aromatic heterocycles. The van der Waals surface area contributed by atoms with Crippen LogP contribution < -0.4 is 4.90 Å². The van der Waals surface area contributed by atoms with Gasteiger partial charge in [0.1, 0.15) is 5.76 Å². The SMILES string of the molecule is Cc1cc(CN2CCCN(C(=O)c3ccc(N(C)C)cc3)CC2)no1. The number of nitrogens with zero attached hydrogens (tertiary/aromatic N) is 4. The van der Waals surface area contributed by atoms with Gasteiger partial charge in [0.2, 0.25) is 0 Å². The summed E-state index contributed by atoms with van der Waals surface area (Å²) in [6, 6.07) is 9.78. The lowest BCUT2D eigenvalue weighted by atomic mass is 10.1. The van der Waals surface area contributed by atoms with E-state index in [2.05, 4.69) is 10.1 Å². The first-order valence-corrected chi connectivity index (χ1v) is 8.74. The summed E-state index contributed by atoms with van der Waals surface area (Å²) >= 11 is 0. The first-order chi connectivity index (χ1) is 12.0. The number of anilines is 1. The number of carbonyl (C=O) groups is 1. The Kier molecular flexibility index (Phi) is 5.38. The van der Waals surface area contributed by atoms with Gasteiger partial charge in [-0.3, -0.25) is 9.69 Å². The van der Waals surface area contributed by atoms with E-state index < -0.39 is 0 Å². The van der Waals surface area contributed by atoms with Gasteiger partial charge < -0.3 is 14.3 Å². The Bertz CT molecular complexity index is 708. The van der Waals surface area contributed by atoms with E-state index in [-0.39, 0.29) is 5.91 Å². The van der Waals surface area contributed by atoms with Crippen molar-refractivity contribution in [2.75, 3.05) is 45.2 Å². The predicted octanol–water partition coefficient (Wildman–Crippen LogP) is 2.40. The summed E-state index contributed by atoms with van der Waals surface area (Å²) in [5, 5.41) is 4.06. The van der Waals surface area contributed by atoms with Crippen LogP contribution in [-0.2, 0) is 6.54 Å². The van der Waals surface area contributed by atoms with Crippen LogP contribution >= 0.6 is 0 Å². The first kappa shape index (κ1) is 17.5. The second-order valence-electron chi connectivity index (χ2n) is 6.79. The van der Waals surface area contributed by atoms with Gasteiger partial charge >= 0.3 is 0 Å². The number of rotatable bonds is 4. The molecule has 3 rings (SSSR count). The molecule has 0 aliphatic carbocycles. The third-order valence-corrected chi connectivity index (χ3v) is 4.57. The Labute approximate surface area is 149 Å². The summed E-state index contributed by atoms with van der Waals surface area (Å²) in [4.78, 5) is 19.1. The Hall–Kier alpha value is -2.34. The molecule has 0 spiro atoms. The zero-order valence-corrected chi connectivity index (χ0v) is 15.2. The molecule has 1 aliphatic heterocycles. The summed E-state index contributed by atoms with van der Waals surface area (Å²) in [5.74, 6) is 0.951. The first-order valence-electron chi connectivity index (χ1n) is 8.74. The lowest BCUT2D eigenvalue weighted by Crippen LogP contribution is -2.35. The molecule has 1 aromatic carbocycles. The van der Waals surface area contributed by atoms with E-state index in [9.17, 15) is 4.79 Å². The van der Waals surface area contributed by atoms with Crippen LogP contribution in [0, 0.1) is 6.92 Å². The molecule has 1 fully saturated rings. The topological polar surface area (TPSA) is 52.8 Å². The van der Waals surface area contributed by atoms with Crippen LogP contribution in [0.25, 0.3) is 0 Å². The maximum absolute atomic E-state index is 12.8. The van der Waals surface area contributed by atoms with Gasteiger partial charge in [0.05, 0.1) is 5.69 Å². The highest BCUT2D eigenvalue weighted by atomic mass is 16.5. The molecule has 25 heavy (non-hydrogen) atoms. The number of hydrogen-bond donors (Lipinski definition) is 0. The van der Waals surface area contributed by atoms with Crippen LogP contribution in [0.4, 0.5) is 5.69 Å². The summed E-state index contributed by atoms with van der Waals surface area (Å²) in [5.41, 5.74) is 2.81. The highest BCUT2D eigenvalue weighted by molar-refractivity contribution is 5.94. The Morgan fingerprint density at radius 1 is 1.16 bits per heavy atom. The molecule has 6 heteroatoms. The van der Waals surface area contributed by atoms with Crippen molar-refractivity contribution in [3.8, 4) is 0 Å². The Morgan fingerprint density at radius 2 is 1.92 bits per heavy atom. The van der Waals surface area contributed by atoms with Gasteiger partial charge in [0.15, 0.2) is 0 Å². The molecule has 1 saturated heterocycles. The minimum absolute atomic E-state index is 0.115. The average Bonchev–Trinajstić information content (AvgIpc) is 2.87. The zero-order valence-electron chi connectivity index (χ0n) is 15.2. The number of aromatic nitrogens is 1. The quantitative estimate of drug-likeness (QED) is 0.854. The van der Waals surface area contributed by atoms with Gasteiger partial charge in [-0.25, -0.2) is 0 Å². The molecule has 2 aromatic rings. The van der Waals surface area contributed by atoms with Crippen molar-refractivity contribution in [3.05, 3.63) is 47.3 Å². The monoisotopic (exact) mass is 342 g/mol. The molecule has 1 amide bonds. The second-order valence-corrected chi connectivity index (χ2v) is 6.79. The molecule has 0 radical (unpaired) electrons. The van der Waals surface area contributed by atoms with Gasteiger partial charge in [-0.05, 0) is 37.6 Å². The van der Waals surface area contributed by atoms with Gasteiger partial charge in [0.25, 0.3) is 5.91 Å². The normalized spacial score (nSPS) is 15.9. The van der Waals surface area contributed by atoms with Crippen molar-refractivity contribution >= 4 is 11.6 Å². The van der Waals surface area contributed by atoms with Crippen LogP contribution in [0.3, 0.4) is 0 Å². The van der Waals surface area contributed by atoms with Crippen LogP contribution in [0.1, 0.15) is 28.2 Å². The molecule has 6 nitrogen and oxygen atoms in total. The van der Waals surface area contributed by atoms with Crippen LogP contribution in [0.15, 0.2) is 34.9 Å². The molecule has 0 N–H and O–H groups in total. The standard InChI is InChI=1S/C19H26N4O2/c1-15-13-17(20-25-15)14-22-9-4-10-23(12-11-22)19(24)16-5-7-18(8-6-16)21(2)3/h5-8,13H,4,9-12,14H2,1-3H3. The molecular weight excluding hydrogens is 316 g/mol. The number of carbonyl (C=O) groups excluding carboxylic acids is 1. The van der Waals surface area contributed by atoms with Crippen molar-refractivity contribution in [2.45, 2.75) is 19.9 Å². The molecular formula is C19H26N4O2. The number of aryl methyl sites for hydroxylation is 1. The molecule has 0 bridgehead atoms. The third-order valence-electron chi connectivity index (χ3n) is 4.57. The average molecular weight is 342 g/mol. The molecule has 2 heterocycles. The van der Waals surface area contributed by atoms with E-state index in [4.69, 9.17) is 4.52 Å². The van der Waals surface area contributed by atoms with E-state index in [0.29, 0.717) is 0 Å². The third kappa shape index (κ3) is 4.39. The lowest BCUT2D eigenvalue weighted by molar-refractivity contribution is 0.0761. The van der Waals surface area contributed by atoms with E-state index in [1.807, 2.05) is 61.2 Å². The summed E-state index contributed by atoms with van der Waals surface area (Å²) in [6.45, 7) is 6.04. The summed E-state index contributed by atoms with van der Waals surface area (Å²) in [6.07, 6.45) is 0.971. The highest BCUT2D eigenvalue weighted by Crippen LogP contribution is 2.16. The number of benzene rings is 1. The molecule has 0 unspecified atom stereocenters. The minimum Gasteiger partial charge on any atom is -0.378 e. The van der Waals surface area contributed by atoms with Gasteiger partial charge in [-0.15, -0.1) is 0 Å². The predicted molar refractivity (Wildman–Crippen MR) is 97.8 cm³/mol. The van der Waals surface area contributed by atoms with Gasteiger partial charge in [-0.2, -0.15) is 0 Å². The van der Waals surface area contributed by atoms with E-state index >= 15 is 0 Å². The van der Waals surface area contributed by atoms with Gasteiger partial charge in [-0.1, -0.05) is 5.16 Å². The smallest absolute Gasteiger partial charge is 0.253 e. The van der Waals surface area contributed by atoms with Crippen LogP contribution in [-0.4, -0.2) is 61.1 Å². The number of hydrogen-bond acceptors (Lipinski definition) is 5. The van der Waals surface area contributed by atoms with Crippen molar-refractivity contribution in [1.29, 1.82) is 0 Å². The molecule has 0 saturated carbocycles. The maximum Gasteiger partial charge on any atom is 0.253 e. The fraction of sp³-hybridized carbons (Fsp3) is 0.474. The molecule has 1 aliphatic rings. The van der Waals surface area contributed by atoms with Crippen molar-refractivity contribution in [2.24, 2.45) is 0 Å². The lowest BCUT2D eigenvalue weighted by Gasteiger charge is -2.22. The highest BCUT2D eigenvalue weighted by Gasteiger charge is 2.21. The second kappa shape index (κ2) is 7.70. The van der Waals surface area contributed by atoms with Gasteiger partial charge in [0, 0.05) is 64.1 Å². The fourth-order valence-corrected chi connectivity index (χ4v) is 3.14. The molecule has 0 atom stereocenters. The van der Waals surface area contributed by atoms with Crippen molar-refractivity contribution in [3.63, 3.8) is 0 Å². The Balaban J connectivity index is 1.59. The van der Waals surface area contributed by atoms with E-state index in [1.165, 1.54) is 0 Å². The largest absolute Gasteiger partial charge is 0.378 e. The minimum atomic E-state index is 0.115. The van der Waals surface area contributed by atoms with Crippen LogP contribution in [0.2, 0.25) is 0 Å². The van der Waals surface area contributed by atoms with Crippen molar-refractivity contribution in [1.82, 2.24) is 15.0 Å². The summed E-state index contributed by atoms with van der Waals surface area (Å²) in [7, 11) is 3.99. The van der Waals surface area contributed by atoms with E-state index in [0.717, 1.165) is 61.8 Å². The fourth-order valence-electron chi connectivity index (χ4n) is 3.14. The van der Waals surface area contributed by atoms with Crippen molar-refractivity contribution < 1.29 is 9.32 Å². The molecule has 134 valence electrons. The van der Waals surface area contributed by atoms with E-state index in [1.54, 1.807) is 0 Å². The van der Waals surface area contributed by atoms with Crippen LogP contribution in [0.5, 0.6) is 0 Å². The maximum atomic E-state index is 12.8. The zero-order chi connectivity index (χ0) is 17.8.